The molecule has 0 unspecified atom stereocenters. The SMILES string of the molecule is COCC1CCN(C(=O)NC(=O)CCCCC(=O)O)CC1. The molecule has 0 saturated carbocycles. The van der Waals surface area contributed by atoms with Crippen LogP contribution >= 0.6 is 0 Å². The van der Waals surface area contributed by atoms with E-state index < -0.39 is 5.97 Å². The zero-order valence-corrected chi connectivity index (χ0v) is 12.5. The van der Waals surface area contributed by atoms with Crippen LogP contribution in [0, 0.1) is 5.92 Å². The molecule has 0 aromatic carbocycles. The third-order valence-corrected chi connectivity index (χ3v) is 3.59. The molecule has 0 aliphatic carbocycles. The molecule has 1 rings (SSSR count). The van der Waals surface area contributed by atoms with E-state index in [1.165, 1.54) is 0 Å². The molecular formula is C14H24N2O5. The highest BCUT2D eigenvalue weighted by atomic mass is 16.5. The monoisotopic (exact) mass is 300 g/mol. The van der Waals surface area contributed by atoms with Crippen LogP contribution < -0.4 is 5.32 Å². The van der Waals surface area contributed by atoms with Crippen LogP contribution in [0.15, 0.2) is 0 Å². The molecule has 2 N–H and O–H groups in total. The number of piperidine rings is 1. The minimum Gasteiger partial charge on any atom is -0.481 e. The number of rotatable bonds is 7. The van der Waals surface area contributed by atoms with Crippen LogP contribution in [0.5, 0.6) is 0 Å². The van der Waals surface area contributed by atoms with Crippen molar-refractivity contribution >= 4 is 17.9 Å². The first-order valence-corrected chi connectivity index (χ1v) is 7.32. The molecule has 1 heterocycles. The first-order valence-electron chi connectivity index (χ1n) is 7.32. The lowest BCUT2D eigenvalue weighted by atomic mass is 9.98. The number of nitrogens with zero attached hydrogens (tertiary/aromatic N) is 1. The first kappa shape index (κ1) is 17.4. The van der Waals surface area contributed by atoms with E-state index in [2.05, 4.69) is 5.32 Å². The number of hydrogen-bond acceptors (Lipinski definition) is 4. The van der Waals surface area contributed by atoms with E-state index in [9.17, 15) is 14.4 Å². The van der Waals surface area contributed by atoms with Crippen LogP contribution in [0.25, 0.3) is 0 Å². The second kappa shape index (κ2) is 9.33. The fourth-order valence-corrected chi connectivity index (χ4v) is 2.36. The van der Waals surface area contributed by atoms with E-state index in [4.69, 9.17) is 9.84 Å². The average molecular weight is 300 g/mol. The Balaban J connectivity index is 2.18. The van der Waals surface area contributed by atoms with Crippen LogP contribution in [-0.4, -0.2) is 54.7 Å². The van der Waals surface area contributed by atoms with Crippen molar-refractivity contribution in [1.82, 2.24) is 10.2 Å². The van der Waals surface area contributed by atoms with Crippen LogP contribution in [0.3, 0.4) is 0 Å². The minimum atomic E-state index is -0.870. The molecule has 3 amide bonds. The Kier molecular flexibility index (Phi) is 7.74. The number of amides is 3. The summed E-state index contributed by atoms with van der Waals surface area (Å²) in [6.45, 7) is 1.97. The topological polar surface area (TPSA) is 95.9 Å². The largest absolute Gasteiger partial charge is 0.481 e. The molecule has 0 spiro atoms. The third-order valence-electron chi connectivity index (χ3n) is 3.59. The molecule has 1 saturated heterocycles. The predicted octanol–water partition coefficient (Wildman–Crippen LogP) is 1.23. The average Bonchev–Trinajstić information content (AvgIpc) is 2.44. The Morgan fingerprint density at radius 1 is 1.19 bits per heavy atom. The van der Waals surface area contributed by atoms with E-state index >= 15 is 0 Å². The van der Waals surface area contributed by atoms with E-state index in [0.29, 0.717) is 38.5 Å². The van der Waals surface area contributed by atoms with Gasteiger partial charge in [-0.3, -0.25) is 14.9 Å². The number of aliphatic carboxylic acids is 1. The number of methoxy groups -OCH3 is 1. The molecular weight excluding hydrogens is 276 g/mol. The van der Waals surface area contributed by atoms with Gasteiger partial charge in [-0.15, -0.1) is 0 Å². The van der Waals surface area contributed by atoms with Gasteiger partial charge in [0.15, 0.2) is 0 Å². The number of unbranched alkanes of at least 4 members (excludes halogenated alkanes) is 1. The zero-order valence-electron chi connectivity index (χ0n) is 12.5. The van der Waals surface area contributed by atoms with Crippen molar-refractivity contribution in [1.29, 1.82) is 0 Å². The van der Waals surface area contributed by atoms with Crippen molar-refractivity contribution in [3.8, 4) is 0 Å². The Morgan fingerprint density at radius 3 is 2.38 bits per heavy atom. The van der Waals surface area contributed by atoms with Gasteiger partial charge in [0.05, 0.1) is 0 Å². The van der Waals surface area contributed by atoms with Gasteiger partial charge in [-0.1, -0.05) is 0 Å². The Bertz CT molecular complexity index is 364. The molecule has 1 aliphatic rings. The van der Waals surface area contributed by atoms with E-state index in [1.807, 2.05) is 0 Å². The van der Waals surface area contributed by atoms with Gasteiger partial charge in [-0.2, -0.15) is 0 Å². The molecule has 0 atom stereocenters. The molecule has 0 radical (unpaired) electrons. The van der Waals surface area contributed by atoms with Crippen molar-refractivity contribution in [2.45, 2.75) is 38.5 Å². The van der Waals surface area contributed by atoms with Gasteiger partial charge >= 0.3 is 12.0 Å². The molecule has 7 heteroatoms. The number of carbonyl (C=O) groups is 3. The maximum Gasteiger partial charge on any atom is 0.324 e. The van der Waals surface area contributed by atoms with Gasteiger partial charge in [0.2, 0.25) is 5.91 Å². The molecule has 1 fully saturated rings. The standard InChI is InChI=1S/C14H24N2O5/c1-21-10-11-6-8-16(9-7-11)14(20)15-12(17)4-2-3-5-13(18)19/h11H,2-10H2,1H3,(H,18,19)(H,15,17,20). The van der Waals surface area contributed by atoms with E-state index in [1.54, 1.807) is 12.0 Å². The number of imide groups is 1. The smallest absolute Gasteiger partial charge is 0.324 e. The fraction of sp³-hybridized carbons (Fsp3) is 0.786. The molecule has 0 aromatic rings. The fourth-order valence-electron chi connectivity index (χ4n) is 2.36. The van der Waals surface area contributed by atoms with Crippen molar-refractivity contribution in [2.75, 3.05) is 26.8 Å². The second-order valence-electron chi connectivity index (χ2n) is 5.34. The van der Waals surface area contributed by atoms with Crippen molar-refractivity contribution in [2.24, 2.45) is 5.92 Å². The van der Waals surface area contributed by atoms with Gasteiger partial charge in [0.1, 0.15) is 0 Å². The summed E-state index contributed by atoms with van der Waals surface area (Å²) in [6, 6.07) is -0.353. The van der Waals surface area contributed by atoms with E-state index in [0.717, 1.165) is 12.8 Å². The summed E-state index contributed by atoms with van der Waals surface area (Å²) in [6.07, 6.45) is 2.91. The number of urea groups is 1. The molecule has 0 aromatic heterocycles. The number of carbonyl (C=O) groups excluding carboxylic acids is 2. The lowest BCUT2D eigenvalue weighted by Crippen LogP contribution is -2.46. The normalized spacial score (nSPS) is 15.8. The van der Waals surface area contributed by atoms with Crippen molar-refractivity contribution in [3.05, 3.63) is 0 Å². The van der Waals surface area contributed by atoms with Crippen LogP contribution in [0.4, 0.5) is 4.79 Å². The molecule has 21 heavy (non-hydrogen) atoms. The maximum atomic E-state index is 11.9. The number of carboxylic acids is 1. The Labute approximate surface area is 124 Å². The highest BCUT2D eigenvalue weighted by molar-refractivity contribution is 5.94. The second-order valence-corrected chi connectivity index (χ2v) is 5.34. The molecule has 7 nitrogen and oxygen atoms in total. The molecule has 120 valence electrons. The van der Waals surface area contributed by atoms with Crippen LogP contribution in [-0.2, 0) is 14.3 Å². The molecule has 0 bridgehead atoms. The number of likely N-dealkylation sites (tertiary alicyclic amines) is 1. The predicted molar refractivity (Wildman–Crippen MR) is 75.8 cm³/mol. The summed E-state index contributed by atoms with van der Waals surface area (Å²) >= 11 is 0. The Morgan fingerprint density at radius 2 is 1.81 bits per heavy atom. The van der Waals surface area contributed by atoms with Crippen molar-refractivity contribution < 1.29 is 24.2 Å². The summed E-state index contributed by atoms with van der Waals surface area (Å²) in [5, 5.41) is 10.8. The van der Waals surface area contributed by atoms with Crippen LogP contribution in [0.2, 0.25) is 0 Å². The van der Waals surface area contributed by atoms with E-state index in [-0.39, 0.29) is 24.8 Å². The van der Waals surface area contributed by atoms with Crippen LogP contribution in [0.1, 0.15) is 38.5 Å². The lowest BCUT2D eigenvalue weighted by Gasteiger charge is -2.31. The van der Waals surface area contributed by atoms with Gasteiger partial charge < -0.3 is 14.7 Å². The highest BCUT2D eigenvalue weighted by Crippen LogP contribution is 2.17. The molecule has 1 aliphatic heterocycles. The van der Waals surface area contributed by atoms with Crippen molar-refractivity contribution in [3.63, 3.8) is 0 Å². The first-order chi connectivity index (χ1) is 10.0. The summed E-state index contributed by atoms with van der Waals surface area (Å²) in [7, 11) is 1.67. The van der Waals surface area contributed by atoms with Gasteiger partial charge in [-0.05, 0) is 31.6 Å². The minimum absolute atomic E-state index is 0.0498. The quantitative estimate of drug-likeness (QED) is 0.689. The van der Waals surface area contributed by atoms with Gasteiger partial charge in [0, 0.05) is 39.6 Å². The summed E-state index contributed by atoms with van der Waals surface area (Å²) in [5.41, 5.74) is 0. The number of hydrogen-bond donors (Lipinski definition) is 2. The zero-order chi connectivity index (χ0) is 15.7. The maximum absolute atomic E-state index is 11.9. The third kappa shape index (κ3) is 7.08. The lowest BCUT2D eigenvalue weighted by molar-refractivity contribution is -0.137. The summed E-state index contributed by atoms with van der Waals surface area (Å²) in [4.78, 5) is 35.4. The number of carboxylic acid groups (broad SMARTS) is 1. The summed E-state index contributed by atoms with van der Waals surface area (Å²) < 4.78 is 5.10. The van der Waals surface area contributed by atoms with Gasteiger partial charge in [-0.25, -0.2) is 4.79 Å². The van der Waals surface area contributed by atoms with Gasteiger partial charge in [0.25, 0.3) is 0 Å². The highest BCUT2D eigenvalue weighted by Gasteiger charge is 2.23. The Hall–Kier alpha value is -1.63. The number of ether oxygens (including phenoxy) is 1. The number of nitrogens with one attached hydrogen (secondary N) is 1. The summed E-state index contributed by atoms with van der Waals surface area (Å²) in [5.74, 6) is -0.736.